The standard InChI is InChI=1S/C19H23N3O3/c1-22(12-19(24)9-2-3-10-19)18(23)15-6-4-5-14(11-15)16-20-17(25-21-16)13-7-8-13/h4-6,11,13,24H,2-3,7-10,12H2,1H3. The molecule has 1 heterocycles. The molecule has 2 fully saturated rings. The molecular weight excluding hydrogens is 318 g/mol. The molecule has 2 aliphatic carbocycles. The number of carbonyl (C=O) groups is 1. The monoisotopic (exact) mass is 341 g/mol. The maximum atomic E-state index is 12.7. The topological polar surface area (TPSA) is 79.5 Å². The number of nitrogens with zero attached hydrogens (tertiary/aromatic N) is 3. The van der Waals surface area contributed by atoms with Gasteiger partial charge in [-0.3, -0.25) is 4.79 Å². The molecule has 0 saturated heterocycles. The molecule has 1 amide bonds. The molecule has 2 saturated carbocycles. The van der Waals surface area contributed by atoms with E-state index in [1.807, 2.05) is 12.1 Å². The predicted octanol–water partition coefficient (Wildman–Crippen LogP) is 2.99. The fourth-order valence-corrected chi connectivity index (χ4v) is 3.56. The van der Waals surface area contributed by atoms with Gasteiger partial charge in [0.25, 0.3) is 5.91 Å². The van der Waals surface area contributed by atoms with Gasteiger partial charge in [0, 0.05) is 30.6 Å². The number of amides is 1. The highest BCUT2D eigenvalue weighted by atomic mass is 16.5. The normalized spacial score (nSPS) is 19.1. The Hall–Kier alpha value is -2.21. The van der Waals surface area contributed by atoms with Crippen LogP contribution in [0.2, 0.25) is 0 Å². The summed E-state index contributed by atoms with van der Waals surface area (Å²) in [6.45, 7) is 0.365. The summed E-state index contributed by atoms with van der Waals surface area (Å²) in [7, 11) is 1.74. The van der Waals surface area contributed by atoms with Crippen molar-refractivity contribution in [3.63, 3.8) is 0 Å². The van der Waals surface area contributed by atoms with Crippen molar-refractivity contribution in [3.8, 4) is 11.4 Å². The molecule has 25 heavy (non-hydrogen) atoms. The summed E-state index contributed by atoms with van der Waals surface area (Å²) in [6.07, 6.45) is 5.78. The van der Waals surface area contributed by atoms with E-state index >= 15 is 0 Å². The Morgan fingerprint density at radius 2 is 2.12 bits per heavy atom. The average Bonchev–Trinajstić information content (AvgIpc) is 3.19. The van der Waals surface area contributed by atoms with Gasteiger partial charge in [-0.25, -0.2) is 0 Å². The fraction of sp³-hybridized carbons (Fsp3) is 0.526. The Bertz CT molecular complexity index is 776. The fourth-order valence-electron chi connectivity index (χ4n) is 3.56. The van der Waals surface area contributed by atoms with Gasteiger partial charge in [0.05, 0.1) is 5.60 Å². The van der Waals surface area contributed by atoms with E-state index < -0.39 is 5.60 Å². The Morgan fingerprint density at radius 1 is 1.36 bits per heavy atom. The van der Waals surface area contributed by atoms with E-state index in [1.54, 1.807) is 24.1 Å². The highest BCUT2D eigenvalue weighted by Gasteiger charge is 2.34. The first-order chi connectivity index (χ1) is 12.0. The molecule has 132 valence electrons. The largest absolute Gasteiger partial charge is 0.388 e. The van der Waals surface area contributed by atoms with Gasteiger partial charge in [0.1, 0.15) is 0 Å². The van der Waals surface area contributed by atoms with Crippen LogP contribution < -0.4 is 0 Å². The zero-order chi connectivity index (χ0) is 17.4. The minimum absolute atomic E-state index is 0.104. The summed E-state index contributed by atoms with van der Waals surface area (Å²) in [5.41, 5.74) is 0.600. The highest BCUT2D eigenvalue weighted by molar-refractivity contribution is 5.95. The zero-order valence-corrected chi connectivity index (χ0v) is 14.4. The van der Waals surface area contributed by atoms with Gasteiger partial charge in [-0.2, -0.15) is 4.98 Å². The van der Waals surface area contributed by atoms with Crippen LogP contribution in [0.3, 0.4) is 0 Å². The second-order valence-corrected chi connectivity index (χ2v) is 7.40. The second-order valence-electron chi connectivity index (χ2n) is 7.40. The molecule has 6 nitrogen and oxygen atoms in total. The van der Waals surface area contributed by atoms with Gasteiger partial charge in [-0.1, -0.05) is 30.1 Å². The molecule has 0 aliphatic heterocycles. The molecule has 0 unspecified atom stereocenters. The second kappa shape index (κ2) is 6.26. The molecule has 4 rings (SSSR count). The zero-order valence-electron chi connectivity index (χ0n) is 14.4. The van der Waals surface area contributed by atoms with Crippen LogP contribution in [0.15, 0.2) is 28.8 Å². The Kier molecular flexibility index (Phi) is 4.07. The molecular formula is C19H23N3O3. The summed E-state index contributed by atoms with van der Waals surface area (Å²) in [6, 6.07) is 7.28. The molecule has 1 aromatic carbocycles. The molecule has 2 aromatic rings. The van der Waals surface area contributed by atoms with E-state index in [-0.39, 0.29) is 5.91 Å². The summed E-state index contributed by atoms with van der Waals surface area (Å²) in [5, 5.41) is 14.6. The van der Waals surface area contributed by atoms with Gasteiger partial charge in [0.15, 0.2) is 0 Å². The smallest absolute Gasteiger partial charge is 0.253 e. The van der Waals surface area contributed by atoms with E-state index in [0.717, 1.165) is 44.1 Å². The Morgan fingerprint density at radius 3 is 2.84 bits per heavy atom. The van der Waals surface area contributed by atoms with Gasteiger partial charge >= 0.3 is 0 Å². The number of likely N-dealkylation sites (N-methyl/N-ethyl adjacent to an activating group) is 1. The lowest BCUT2D eigenvalue weighted by Crippen LogP contribution is -2.42. The lowest BCUT2D eigenvalue weighted by Gasteiger charge is -2.28. The minimum atomic E-state index is -0.741. The maximum absolute atomic E-state index is 12.7. The van der Waals surface area contributed by atoms with E-state index in [0.29, 0.717) is 29.7 Å². The van der Waals surface area contributed by atoms with Crippen molar-refractivity contribution in [3.05, 3.63) is 35.7 Å². The third-order valence-corrected chi connectivity index (χ3v) is 5.15. The van der Waals surface area contributed by atoms with Crippen LogP contribution in [0.4, 0.5) is 0 Å². The number of aromatic nitrogens is 2. The van der Waals surface area contributed by atoms with E-state index in [1.165, 1.54) is 0 Å². The van der Waals surface area contributed by atoms with Crippen molar-refractivity contribution in [1.29, 1.82) is 0 Å². The molecule has 1 N–H and O–H groups in total. The number of aliphatic hydroxyl groups is 1. The van der Waals surface area contributed by atoms with Crippen molar-refractivity contribution in [2.75, 3.05) is 13.6 Å². The summed E-state index contributed by atoms with van der Waals surface area (Å²) in [4.78, 5) is 18.8. The van der Waals surface area contributed by atoms with Crippen molar-refractivity contribution < 1.29 is 14.4 Å². The van der Waals surface area contributed by atoms with Gasteiger partial charge < -0.3 is 14.5 Å². The first-order valence-corrected chi connectivity index (χ1v) is 8.96. The van der Waals surface area contributed by atoms with Crippen LogP contribution in [-0.2, 0) is 0 Å². The number of rotatable bonds is 5. The van der Waals surface area contributed by atoms with Gasteiger partial charge in [-0.15, -0.1) is 0 Å². The number of carbonyl (C=O) groups excluding carboxylic acids is 1. The van der Waals surface area contributed by atoms with Crippen LogP contribution in [0.5, 0.6) is 0 Å². The maximum Gasteiger partial charge on any atom is 0.253 e. The van der Waals surface area contributed by atoms with Crippen molar-refractivity contribution in [1.82, 2.24) is 15.0 Å². The van der Waals surface area contributed by atoms with Crippen molar-refractivity contribution >= 4 is 5.91 Å². The molecule has 6 heteroatoms. The minimum Gasteiger partial charge on any atom is -0.388 e. The van der Waals surface area contributed by atoms with Crippen LogP contribution in [-0.4, -0.2) is 45.2 Å². The lowest BCUT2D eigenvalue weighted by atomic mass is 10.0. The van der Waals surface area contributed by atoms with Crippen LogP contribution in [0.25, 0.3) is 11.4 Å². The lowest BCUT2D eigenvalue weighted by molar-refractivity contribution is 0.0157. The number of hydrogen-bond donors (Lipinski definition) is 1. The SMILES string of the molecule is CN(CC1(O)CCCC1)C(=O)c1cccc(-c2noc(C3CC3)n2)c1. The average molecular weight is 341 g/mol. The molecule has 1 aromatic heterocycles. The predicted molar refractivity (Wildman–Crippen MR) is 92.1 cm³/mol. The van der Waals surface area contributed by atoms with Crippen molar-refractivity contribution in [2.45, 2.75) is 50.0 Å². The van der Waals surface area contributed by atoms with Crippen LogP contribution in [0, 0.1) is 0 Å². The first-order valence-electron chi connectivity index (χ1n) is 8.96. The summed E-state index contributed by atoms with van der Waals surface area (Å²) >= 11 is 0. The molecule has 2 aliphatic rings. The first kappa shape index (κ1) is 16.3. The van der Waals surface area contributed by atoms with Gasteiger partial charge in [0.2, 0.25) is 11.7 Å². The third kappa shape index (κ3) is 3.44. The van der Waals surface area contributed by atoms with Crippen LogP contribution in [0.1, 0.15) is 60.7 Å². The van der Waals surface area contributed by atoms with E-state index in [4.69, 9.17) is 4.52 Å². The van der Waals surface area contributed by atoms with Crippen molar-refractivity contribution in [2.24, 2.45) is 0 Å². The molecule has 0 spiro atoms. The number of benzene rings is 1. The Labute approximate surface area is 146 Å². The Balaban J connectivity index is 1.50. The third-order valence-electron chi connectivity index (χ3n) is 5.15. The highest BCUT2D eigenvalue weighted by Crippen LogP contribution is 2.39. The summed E-state index contributed by atoms with van der Waals surface area (Å²) < 4.78 is 5.30. The van der Waals surface area contributed by atoms with E-state index in [2.05, 4.69) is 10.1 Å². The molecule has 0 radical (unpaired) electrons. The molecule has 0 atom stereocenters. The number of hydrogen-bond acceptors (Lipinski definition) is 5. The molecule has 0 bridgehead atoms. The van der Waals surface area contributed by atoms with Gasteiger partial charge in [-0.05, 0) is 37.8 Å². The van der Waals surface area contributed by atoms with Crippen LogP contribution >= 0.6 is 0 Å². The summed E-state index contributed by atoms with van der Waals surface area (Å²) in [5.74, 6) is 1.51. The van der Waals surface area contributed by atoms with E-state index in [9.17, 15) is 9.90 Å². The quantitative estimate of drug-likeness (QED) is 0.904.